The number of hydrazone groups is 1. The Hall–Kier alpha value is -2.24. The van der Waals surface area contributed by atoms with Gasteiger partial charge in [0.25, 0.3) is 5.91 Å². The number of amides is 1. The number of rotatable bonds is 3. The van der Waals surface area contributed by atoms with Gasteiger partial charge in [-0.25, -0.2) is 0 Å². The number of carbonyl (C=O) groups excluding carboxylic acids is 1. The lowest BCUT2D eigenvalue weighted by atomic mass is 10.3. The lowest BCUT2D eigenvalue weighted by Crippen LogP contribution is -2.31. The van der Waals surface area contributed by atoms with Crippen molar-refractivity contribution < 1.29 is 9.53 Å². The van der Waals surface area contributed by atoms with E-state index in [9.17, 15) is 4.79 Å². The number of nitrogens with two attached hydrogens (primary N) is 2. The maximum Gasteiger partial charge on any atom is 0.285 e. The molecule has 80 valence electrons. The molecule has 0 aromatic heterocycles. The maximum absolute atomic E-state index is 10.5. The van der Waals surface area contributed by atoms with Crippen molar-refractivity contribution in [3.05, 3.63) is 24.3 Å². The summed E-state index contributed by atoms with van der Waals surface area (Å²) >= 11 is 0. The molecule has 0 atom stereocenters. The fourth-order valence-corrected chi connectivity index (χ4v) is 0.845. The second kappa shape index (κ2) is 4.85. The molecule has 0 unspecified atom stereocenters. The van der Waals surface area contributed by atoms with Crippen LogP contribution in [-0.2, 0) is 4.79 Å². The van der Waals surface area contributed by atoms with Crippen LogP contribution in [-0.4, -0.2) is 18.9 Å². The van der Waals surface area contributed by atoms with Crippen LogP contribution >= 0.6 is 0 Å². The minimum Gasteiger partial charge on any atom is -0.497 e. The number of amidine groups is 1. The first kappa shape index (κ1) is 10.8. The minimum absolute atomic E-state index is 0.272. The zero-order valence-electron chi connectivity index (χ0n) is 8.23. The van der Waals surface area contributed by atoms with Gasteiger partial charge < -0.3 is 16.2 Å². The SMILES string of the molecule is COc1ccc(N/N=C(\N)C(N)=O)cc1. The molecular weight excluding hydrogens is 196 g/mol. The molecule has 0 saturated carbocycles. The van der Waals surface area contributed by atoms with Crippen LogP contribution < -0.4 is 21.6 Å². The van der Waals surface area contributed by atoms with Crippen molar-refractivity contribution >= 4 is 17.4 Å². The van der Waals surface area contributed by atoms with Crippen LogP contribution in [0.15, 0.2) is 29.4 Å². The van der Waals surface area contributed by atoms with Crippen molar-refractivity contribution in [1.82, 2.24) is 0 Å². The first-order valence-electron chi connectivity index (χ1n) is 4.16. The molecule has 0 spiro atoms. The average Bonchev–Trinajstić information content (AvgIpc) is 2.26. The Balaban J connectivity index is 2.66. The average molecular weight is 208 g/mol. The van der Waals surface area contributed by atoms with Gasteiger partial charge in [-0.05, 0) is 24.3 Å². The van der Waals surface area contributed by atoms with Gasteiger partial charge in [0.1, 0.15) is 5.75 Å². The number of carbonyl (C=O) groups is 1. The van der Waals surface area contributed by atoms with Crippen molar-refractivity contribution in [2.24, 2.45) is 16.6 Å². The van der Waals surface area contributed by atoms with Gasteiger partial charge in [0, 0.05) is 0 Å². The summed E-state index contributed by atoms with van der Waals surface area (Å²) in [5, 5.41) is 3.58. The number of hydrogen-bond acceptors (Lipinski definition) is 4. The van der Waals surface area contributed by atoms with E-state index in [-0.39, 0.29) is 5.84 Å². The topological polar surface area (TPSA) is 103 Å². The van der Waals surface area contributed by atoms with Gasteiger partial charge in [-0.1, -0.05) is 0 Å². The highest BCUT2D eigenvalue weighted by Gasteiger charge is 1.99. The third-order valence-electron chi connectivity index (χ3n) is 1.65. The largest absolute Gasteiger partial charge is 0.497 e. The Labute approximate surface area is 86.9 Å². The van der Waals surface area contributed by atoms with Gasteiger partial charge in [-0.3, -0.25) is 10.2 Å². The zero-order chi connectivity index (χ0) is 11.3. The molecule has 0 radical (unpaired) electrons. The van der Waals surface area contributed by atoms with Gasteiger partial charge in [0.05, 0.1) is 12.8 Å². The number of anilines is 1. The standard InChI is InChI=1S/C9H12N4O2/c1-15-7-4-2-6(3-5-7)12-13-8(10)9(11)14/h2-5,12H,1H3,(H2,10,13)(H2,11,14). The first-order valence-corrected chi connectivity index (χ1v) is 4.16. The highest BCUT2D eigenvalue weighted by Crippen LogP contribution is 2.14. The number of methoxy groups -OCH3 is 1. The molecule has 6 nitrogen and oxygen atoms in total. The van der Waals surface area contributed by atoms with Crippen molar-refractivity contribution in [2.45, 2.75) is 0 Å². The van der Waals surface area contributed by atoms with Crippen LogP contribution in [0, 0.1) is 0 Å². The molecule has 0 fully saturated rings. The van der Waals surface area contributed by atoms with E-state index >= 15 is 0 Å². The van der Waals surface area contributed by atoms with Crippen molar-refractivity contribution in [3.63, 3.8) is 0 Å². The molecule has 0 heterocycles. The number of nitrogens with zero attached hydrogens (tertiary/aromatic N) is 1. The highest BCUT2D eigenvalue weighted by molar-refractivity contribution is 6.36. The van der Waals surface area contributed by atoms with Crippen LogP contribution in [0.4, 0.5) is 5.69 Å². The molecule has 6 heteroatoms. The van der Waals surface area contributed by atoms with Crippen LogP contribution in [0.25, 0.3) is 0 Å². The number of nitrogens with one attached hydrogen (secondary N) is 1. The van der Waals surface area contributed by atoms with Gasteiger partial charge in [-0.15, -0.1) is 0 Å². The van der Waals surface area contributed by atoms with Gasteiger partial charge in [-0.2, -0.15) is 5.10 Å². The Morgan fingerprint density at radius 2 is 1.93 bits per heavy atom. The molecule has 1 amide bonds. The number of benzene rings is 1. The van der Waals surface area contributed by atoms with Crippen LogP contribution in [0.5, 0.6) is 5.75 Å². The summed E-state index contributed by atoms with van der Waals surface area (Å²) in [5.74, 6) is -0.311. The Bertz CT molecular complexity index is 372. The summed E-state index contributed by atoms with van der Waals surface area (Å²) in [4.78, 5) is 10.5. The Morgan fingerprint density at radius 1 is 1.33 bits per heavy atom. The molecular formula is C9H12N4O2. The van der Waals surface area contributed by atoms with Gasteiger partial charge in [0.2, 0.25) is 5.84 Å². The number of hydrogen-bond donors (Lipinski definition) is 3. The quantitative estimate of drug-likeness (QED) is 0.365. The molecule has 0 aliphatic carbocycles. The van der Waals surface area contributed by atoms with E-state index in [1.165, 1.54) is 0 Å². The molecule has 1 rings (SSSR count). The maximum atomic E-state index is 10.5. The fraction of sp³-hybridized carbons (Fsp3) is 0.111. The lowest BCUT2D eigenvalue weighted by Gasteiger charge is -2.02. The fourth-order valence-electron chi connectivity index (χ4n) is 0.845. The molecule has 0 saturated heterocycles. The smallest absolute Gasteiger partial charge is 0.285 e. The summed E-state index contributed by atoms with van der Waals surface area (Å²) < 4.78 is 4.97. The van der Waals surface area contributed by atoms with Crippen molar-refractivity contribution in [3.8, 4) is 5.75 Å². The monoisotopic (exact) mass is 208 g/mol. The van der Waals surface area contributed by atoms with Crippen molar-refractivity contribution in [2.75, 3.05) is 12.5 Å². The number of primary amides is 1. The van der Waals surface area contributed by atoms with E-state index in [2.05, 4.69) is 10.5 Å². The summed E-state index contributed by atoms with van der Waals surface area (Å²) in [7, 11) is 1.58. The molecule has 5 N–H and O–H groups in total. The Kier molecular flexibility index (Phi) is 3.50. The molecule has 0 aliphatic rings. The molecule has 0 aliphatic heterocycles. The predicted octanol–water partition coefficient (Wildman–Crippen LogP) is -0.135. The second-order valence-corrected chi connectivity index (χ2v) is 2.70. The number of ether oxygens (including phenoxy) is 1. The summed E-state index contributed by atoms with van der Waals surface area (Å²) in [6.07, 6.45) is 0. The highest BCUT2D eigenvalue weighted by atomic mass is 16.5. The van der Waals surface area contributed by atoms with Gasteiger partial charge >= 0.3 is 0 Å². The molecule has 1 aromatic carbocycles. The normalized spacial score (nSPS) is 10.9. The lowest BCUT2D eigenvalue weighted by molar-refractivity contribution is -0.112. The molecule has 15 heavy (non-hydrogen) atoms. The Morgan fingerprint density at radius 3 is 2.40 bits per heavy atom. The van der Waals surface area contributed by atoms with Crippen LogP contribution in [0.2, 0.25) is 0 Å². The van der Waals surface area contributed by atoms with Crippen LogP contribution in [0.1, 0.15) is 0 Å². The van der Waals surface area contributed by atoms with E-state index in [4.69, 9.17) is 16.2 Å². The van der Waals surface area contributed by atoms with E-state index in [1.54, 1.807) is 31.4 Å². The summed E-state index contributed by atoms with van der Waals surface area (Å²) in [6.45, 7) is 0. The van der Waals surface area contributed by atoms with Gasteiger partial charge in [0.15, 0.2) is 0 Å². The van der Waals surface area contributed by atoms with Crippen LogP contribution in [0.3, 0.4) is 0 Å². The third kappa shape index (κ3) is 3.18. The van der Waals surface area contributed by atoms with E-state index in [0.717, 1.165) is 5.75 Å². The zero-order valence-corrected chi connectivity index (χ0v) is 8.23. The molecule has 1 aromatic rings. The summed E-state index contributed by atoms with van der Waals surface area (Å²) in [6, 6.07) is 6.96. The minimum atomic E-state index is -0.768. The molecule has 0 bridgehead atoms. The summed E-state index contributed by atoms with van der Waals surface area (Å²) in [5.41, 5.74) is 13.4. The van der Waals surface area contributed by atoms with Crippen molar-refractivity contribution in [1.29, 1.82) is 0 Å². The van der Waals surface area contributed by atoms with E-state index < -0.39 is 5.91 Å². The van der Waals surface area contributed by atoms with E-state index in [1.807, 2.05) is 0 Å². The second-order valence-electron chi connectivity index (χ2n) is 2.70. The van der Waals surface area contributed by atoms with E-state index in [0.29, 0.717) is 5.69 Å². The third-order valence-corrected chi connectivity index (χ3v) is 1.65. The predicted molar refractivity (Wildman–Crippen MR) is 57.4 cm³/mol. The first-order chi connectivity index (χ1) is 7.13.